The van der Waals surface area contributed by atoms with Gasteiger partial charge < -0.3 is 10.2 Å². The van der Waals surface area contributed by atoms with Gasteiger partial charge in [-0.3, -0.25) is 0 Å². The number of nitrogens with zero attached hydrogens (tertiary/aromatic N) is 1. The van der Waals surface area contributed by atoms with E-state index in [0.29, 0.717) is 0 Å². The summed E-state index contributed by atoms with van der Waals surface area (Å²) in [5.74, 6) is 0.934. The molecule has 0 aromatic rings. The van der Waals surface area contributed by atoms with E-state index in [-0.39, 0.29) is 0 Å². The second-order valence-electron chi connectivity index (χ2n) is 7.84. The van der Waals surface area contributed by atoms with Gasteiger partial charge in [0, 0.05) is 0 Å². The van der Waals surface area contributed by atoms with Gasteiger partial charge >= 0.3 is 0 Å². The molecule has 1 aliphatic rings. The highest BCUT2D eigenvalue weighted by Gasteiger charge is 2.09. The Labute approximate surface area is 146 Å². The second kappa shape index (κ2) is 15.4. The molecule has 1 rings (SSSR count). The Morgan fingerprint density at radius 1 is 0.783 bits per heavy atom. The molecular formula is C21H44N2. The van der Waals surface area contributed by atoms with Crippen LogP contribution in [0.25, 0.3) is 0 Å². The van der Waals surface area contributed by atoms with E-state index in [9.17, 15) is 0 Å². The lowest BCUT2D eigenvalue weighted by molar-refractivity contribution is 0.322. The van der Waals surface area contributed by atoms with Gasteiger partial charge in [0.15, 0.2) is 0 Å². The van der Waals surface area contributed by atoms with Crippen LogP contribution in [-0.4, -0.2) is 38.1 Å². The van der Waals surface area contributed by atoms with Crippen LogP contribution in [0.4, 0.5) is 0 Å². The zero-order chi connectivity index (χ0) is 16.6. The van der Waals surface area contributed by atoms with Gasteiger partial charge in [0.1, 0.15) is 0 Å². The molecule has 0 unspecified atom stereocenters. The quantitative estimate of drug-likeness (QED) is 0.583. The zero-order valence-electron chi connectivity index (χ0n) is 16.3. The minimum absolute atomic E-state index is 0.934. The first-order valence-electron chi connectivity index (χ1n) is 10.7. The Kier molecular flexibility index (Phi) is 14.1. The minimum atomic E-state index is 0.934. The highest BCUT2D eigenvalue weighted by Crippen LogP contribution is 2.20. The predicted octanol–water partition coefficient (Wildman–Crippen LogP) is 5.62. The van der Waals surface area contributed by atoms with Crippen LogP contribution < -0.4 is 5.32 Å². The third-order valence-corrected chi connectivity index (χ3v) is 5.41. The molecule has 2 nitrogen and oxygen atoms in total. The van der Waals surface area contributed by atoms with E-state index < -0.39 is 0 Å². The van der Waals surface area contributed by atoms with Crippen LogP contribution in [0.1, 0.15) is 96.8 Å². The molecular weight excluding hydrogens is 280 g/mol. The molecule has 1 fully saturated rings. The maximum atomic E-state index is 3.75. The van der Waals surface area contributed by atoms with Crippen LogP contribution in [0.3, 0.4) is 0 Å². The summed E-state index contributed by atoms with van der Waals surface area (Å²) in [5, 5.41) is 3.75. The van der Waals surface area contributed by atoms with Crippen molar-refractivity contribution in [2.75, 3.05) is 33.2 Å². The Morgan fingerprint density at radius 2 is 1.30 bits per heavy atom. The van der Waals surface area contributed by atoms with Gasteiger partial charge in [-0.15, -0.1) is 0 Å². The van der Waals surface area contributed by atoms with Crippen molar-refractivity contribution < 1.29 is 0 Å². The van der Waals surface area contributed by atoms with Crippen molar-refractivity contribution in [1.29, 1.82) is 0 Å². The molecule has 0 aromatic heterocycles. The average Bonchev–Trinajstić information content (AvgIpc) is 2.56. The lowest BCUT2D eigenvalue weighted by atomic mass is 9.94. The molecule has 1 saturated carbocycles. The first-order chi connectivity index (χ1) is 11.3. The van der Waals surface area contributed by atoms with Crippen molar-refractivity contribution in [3.63, 3.8) is 0 Å². The Bertz CT molecular complexity index is 228. The molecule has 0 heterocycles. The third kappa shape index (κ3) is 12.9. The van der Waals surface area contributed by atoms with Crippen molar-refractivity contribution in [3.05, 3.63) is 0 Å². The summed E-state index contributed by atoms with van der Waals surface area (Å²) in [4.78, 5) is 2.46. The summed E-state index contributed by atoms with van der Waals surface area (Å²) >= 11 is 0. The molecule has 0 spiro atoms. The molecule has 0 atom stereocenters. The first kappa shape index (κ1) is 21.0. The van der Waals surface area contributed by atoms with Gasteiger partial charge in [0.05, 0.1) is 0 Å². The lowest BCUT2D eigenvalue weighted by Crippen LogP contribution is -2.28. The molecule has 0 saturated heterocycles. The highest BCUT2D eigenvalue weighted by molar-refractivity contribution is 4.65. The van der Waals surface area contributed by atoms with E-state index >= 15 is 0 Å². The maximum absolute atomic E-state index is 3.75. The molecule has 0 aliphatic heterocycles. The van der Waals surface area contributed by atoms with Crippen molar-refractivity contribution >= 4 is 0 Å². The van der Waals surface area contributed by atoms with Crippen LogP contribution in [0.5, 0.6) is 0 Å². The average molecular weight is 325 g/mol. The maximum Gasteiger partial charge on any atom is -0.000969 e. The van der Waals surface area contributed by atoms with Gasteiger partial charge in [-0.1, -0.05) is 71.1 Å². The Balaban J connectivity index is 2.12. The first-order valence-corrected chi connectivity index (χ1v) is 10.7. The van der Waals surface area contributed by atoms with Gasteiger partial charge in [-0.25, -0.2) is 0 Å². The third-order valence-electron chi connectivity index (χ3n) is 5.41. The molecule has 138 valence electrons. The Hall–Kier alpha value is -0.0800. The van der Waals surface area contributed by atoms with E-state index in [1.807, 2.05) is 0 Å². The van der Waals surface area contributed by atoms with Crippen LogP contribution in [0, 0.1) is 5.92 Å². The van der Waals surface area contributed by atoms with Crippen LogP contribution in [-0.2, 0) is 0 Å². The normalized spacial score (nSPS) is 20.0. The van der Waals surface area contributed by atoms with Gasteiger partial charge in [0.2, 0.25) is 0 Å². The zero-order valence-corrected chi connectivity index (χ0v) is 16.3. The number of hydrogen-bond donors (Lipinski definition) is 1. The van der Waals surface area contributed by atoms with E-state index in [0.717, 1.165) is 5.92 Å². The SMILES string of the molecule is CCCN(C)CCCNCC1CCCCCCCCCCCC1. The molecule has 1 aliphatic carbocycles. The molecule has 2 heteroatoms. The smallest absolute Gasteiger partial charge is 0.000969 e. The fourth-order valence-electron chi connectivity index (χ4n) is 3.90. The second-order valence-corrected chi connectivity index (χ2v) is 7.84. The summed E-state index contributed by atoms with van der Waals surface area (Å²) in [6.45, 7) is 7.20. The Morgan fingerprint density at radius 3 is 1.83 bits per heavy atom. The minimum Gasteiger partial charge on any atom is -0.316 e. The predicted molar refractivity (Wildman–Crippen MR) is 104 cm³/mol. The van der Waals surface area contributed by atoms with E-state index in [1.54, 1.807) is 0 Å². The molecule has 0 bridgehead atoms. The largest absolute Gasteiger partial charge is 0.316 e. The summed E-state index contributed by atoms with van der Waals surface area (Å²) in [7, 11) is 2.25. The lowest BCUT2D eigenvalue weighted by Gasteiger charge is -2.19. The van der Waals surface area contributed by atoms with Crippen LogP contribution in [0.2, 0.25) is 0 Å². The highest BCUT2D eigenvalue weighted by atomic mass is 15.1. The summed E-state index contributed by atoms with van der Waals surface area (Å²) in [6.07, 6.45) is 20.2. The van der Waals surface area contributed by atoms with Gasteiger partial charge in [-0.05, 0) is 64.8 Å². The number of hydrogen-bond acceptors (Lipinski definition) is 2. The number of rotatable bonds is 8. The van der Waals surface area contributed by atoms with Crippen molar-refractivity contribution in [2.45, 2.75) is 96.8 Å². The fraction of sp³-hybridized carbons (Fsp3) is 1.00. The van der Waals surface area contributed by atoms with E-state index in [4.69, 9.17) is 0 Å². The van der Waals surface area contributed by atoms with Crippen molar-refractivity contribution in [1.82, 2.24) is 10.2 Å². The summed E-state index contributed by atoms with van der Waals surface area (Å²) < 4.78 is 0. The number of nitrogens with one attached hydrogen (secondary N) is 1. The summed E-state index contributed by atoms with van der Waals surface area (Å²) in [6, 6.07) is 0. The van der Waals surface area contributed by atoms with Crippen LogP contribution in [0.15, 0.2) is 0 Å². The monoisotopic (exact) mass is 324 g/mol. The fourth-order valence-corrected chi connectivity index (χ4v) is 3.90. The van der Waals surface area contributed by atoms with E-state index in [2.05, 4.69) is 24.2 Å². The van der Waals surface area contributed by atoms with Gasteiger partial charge in [-0.2, -0.15) is 0 Å². The molecule has 0 aromatic carbocycles. The standard InChI is InChI=1S/C21H44N2/c1-3-18-23(2)19-14-17-22-20-21-15-12-10-8-6-4-5-7-9-11-13-16-21/h21-22H,3-20H2,1-2H3. The van der Waals surface area contributed by atoms with Crippen LogP contribution >= 0.6 is 0 Å². The van der Waals surface area contributed by atoms with E-state index in [1.165, 1.54) is 116 Å². The molecule has 23 heavy (non-hydrogen) atoms. The van der Waals surface area contributed by atoms with Crippen molar-refractivity contribution in [2.24, 2.45) is 5.92 Å². The molecule has 0 radical (unpaired) electrons. The molecule has 1 N–H and O–H groups in total. The van der Waals surface area contributed by atoms with Crippen molar-refractivity contribution in [3.8, 4) is 0 Å². The summed E-state index contributed by atoms with van der Waals surface area (Å²) in [5.41, 5.74) is 0. The topological polar surface area (TPSA) is 15.3 Å². The molecule has 0 amide bonds. The van der Waals surface area contributed by atoms with Gasteiger partial charge in [0.25, 0.3) is 0 Å².